The molecule has 2 heterocycles. The molecule has 3 N–H and O–H groups in total. The number of aryl methyl sites for hydroxylation is 1. The number of imidazole rings is 1. The molecule has 1 amide bonds. The fourth-order valence-corrected chi connectivity index (χ4v) is 3.63. The summed E-state index contributed by atoms with van der Waals surface area (Å²) >= 11 is 6.08. The summed E-state index contributed by atoms with van der Waals surface area (Å²) < 4.78 is 1.84. The maximum absolute atomic E-state index is 12.9. The molecular weight excluding hydrogens is 388 g/mol. The van der Waals surface area contributed by atoms with E-state index in [1.165, 1.54) is 0 Å². The minimum Gasteiger partial charge on any atom is -0.383 e. The fourth-order valence-electron chi connectivity index (χ4n) is 3.46. The van der Waals surface area contributed by atoms with Crippen molar-refractivity contribution in [3.8, 4) is 0 Å². The highest BCUT2D eigenvalue weighted by atomic mass is 35.5. The first-order chi connectivity index (χ1) is 13.6. The van der Waals surface area contributed by atoms with E-state index in [-0.39, 0.29) is 11.9 Å². The lowest BCUT2D eigenvalue weighted by Gasteiger charge is -2.15. The average molecular weight is 411 g/mol. The van der Waals surface area contributed by atoms with Crippen LogP contribution >= 0.6 is 11.6 Å². The third kappa shape index (κ3) is 3.61. The molecular formula is C22H23ClN4O2. The van der Waals surface area contributed by atoms with Gasteiger partial charge >= 0.3 is 0 Å². The molecule has 1 atom stereocenters. The zero-order chi connectivity index (χ0) is 20.9. The Morgan fingerprint density at radius 1 is 1.24 bits per heavy atom. The van der Waals surface area contributed by atoms with E-state index in [1.807, 2.05) is 61.0 Å². The van der Waals surface area contributed by atoms with Crippen LogP contribution in [0.4, 0.5) is 0 Å². The van der Waals surface area contributed by atoms with E-state index < -0.39 is 5.60 Å². The van der Waals surface area contributed by atoms with E-state index in [9.17, 15) is 9.90 Å². The number of H-pyrrole nitrogens is 1. The maximum Gasteiger partial charge on any atom is 0.268 e. The van der Waals surface area contributed by atoms with E-state index in [0.717, 1.165) is 27.5 Å². The van der Waals surface area contributed by atoms with Gasteiger partial charge in [0.15, 0.2) is 0 Å². The standard InChI is InChI=1S/C22H23ClN4O2/c1-12(13-6-8-16-17(9-13)26-21(25-16)22(2,3)29)24-20(28)19-10-14-5-7-15(23)11-18(14)27(19)4/h5-12,29H,1-4H3,(H,24,28)(H,25,26). The summed E-state index contributed by atoms with van der Waals surface area (Å²) in [6.45, 7) is 5.31. The summed E-state index contributed by atoms with van der Waals surface area (Å²) in [5.74, 6) is 0.352. The number of benzene rings is 2. The van der Waals surface area contributed by atoms with E-state index in [4.69, 9.17) is 11.6 Å². The smallest absolute Gasteiger partial charge is 0.268 e. The molecule has 0 saturated carbocycles. The van der Waals surface area contributed by atoms with Gasteiger partial charge in [-0.05, 0) is 56.7 Å². The predicted molar refractivity (Wildman–Crippen MR) is 115 cm³/mol. The topological polar surface area (TPSA) is 82.9 Å². The molecule has 0 aliphatic rings. The van der Waals surface area contributed by atoms with Crippen molar-refractivity contribution in [1.82, 2.24) is 19.9 Å². The second-order valence-electron chi connectivity index (χ2n) is 7.91. The van der Waals surface area contributed by atoms with Crippen LogP contribution in [-0.2, 0) is 12.6 Å². The number of hydrogen-bond acceptors (Lipinski definition) is 3. The van der Waals surface area contributed by atoms with Crippen LogP contribution in [0.25, 0.3) is 21.9 Å². The van der Waals surface area contributed by atoms with E-state index in [1.54, 1.807) is 13.8 Å². The number of carbonyl (C=O) groups excluding carboxylic acids is 1. The van der Waals surface area contributed by atoms with Crippen LogP contribution in [0.1, 0.15) is 48.7 Å². The van der Waals surface area contributed by atoms with Gasteiger partial charge in [-0.3, -0.25) is 4.79 Å². The molecule has 1 unspecified atom stereocenters. The number of aromatic amines is 1. The molecule has 0 radical (unpaired) electrons. The lowest BCUT2D eigenvalue weighted by atomic mass is 10.1. The summed E-state index contributed by atoms with van der Waals surface area (Å²) in [4.78, 5) is 20.5. The Kier molecular flexibility index (Phi) is 4.63. The van der Waals surface area contributed by atoms with Gasteiger partial charge in [-0.1, -0.05) is 23.7 Å². The first-order valence-electron chi connectivity index (χ1n) is 9.42. The molecule has 0 aliphatic heterocycles. The lowest BCUT2D eigenvalue weighted by Crippen LogP contribution is -2.28. The number of nitrogens with zero attached hydrogens (tertiary/aromatic N) is 2. The summed E-state index contributed by atoms with van der Waals surface area (Å²) in [5, 5.41) is 14.8. The van der Waals surface area contributed by atoms with Crippen LogP contribution in [0.3, 0.4) is 0 Å². The van der Waals surface area contributed by atoms with Gasteiger partial charge in [0.25, 0.3) is 5.91 Å². The van der Waals surface area contributed by atoms with E-state index in [0.29, 0.717) is 16.5 Å². The summed E-state index contributed by atoms with van der Waals surface area (Å²) in [7, 11) is 1.85. The predicted octanol–water partition coefficient (Wildman–Crippen LogP) is 4.43. The van der Waals surface area contributed by atoms with Gasteiger partial charge in [0.05, 0.1) is 17.1 Å². The van der Waals surface area contributed by atoms with Gasteiger partial charge in [0.1, 0.15) is 17.1 Å². The van der Waals surface area contributed by atoms with Crippen LogP contribution in [0, 0.1) is 0 Å². The zero-order valence-corrected chi connectivity index (χ0v) is 17.5. The monoisotopic (exact) mass is 410 g/mol. The summed E-state index contributed by atoms with van der Waals surface area (Å²) in [5.41, 5.74) is 2.97. The van der Waals surface area contributed by atoms with Gasteiger partial charge in [-0.25, -0.2) is 4.98 Å². The largest absolute Gasteiger partial charge is 0.383 e. The number of aromatic nitrogens is 3. The molecule has 29 heavy (non-hydrogen) atoms. The second-order valence-corrected chi connectivity index (χ2v) is 8.34. The Morgan fingerprint density at radius 2 is 2.00 bits per heavy atom. The van der Waals surface area contributed by atoms with Gasteiger partial charge in [0, 0.05) is 23.0 Å². The molecule has 0 saturated heterocycles. The maximum atomic E-state index is 12.9. The van der Waals surface area contributed by atoms with E-state index >= 15 is 0 Å². The lowest BCUT2D eigenvalue weighted by molar-refractivity contribution is 0.0700. The van der Waals surface area contributed by atoms with Crippen molar-refractivity contribution >= 4 is 39.4 Å². The van der Waals surface area contributed by atoms with Gasteiger partial charge in [0.2, 0.25) is 0 Å². The van der Waals surface area contributed by atoms with Gasteiger partial charge in [-0.2, -0.15) is 0 Å². The molecule has 2 aromatic heterocycles. The van der Waals surface area contributed by atoms with E-state index in [2.05, 4.69) is 15.3 Å². The fraction of sp³-hybridized carbons (Fsp3) is 0.273. The number of hydrogen-bond donors (Lipinski definition) is 3. The van der Waals surface area contributed by atoms with Crippen LogP contribution in [0.15, 0.2) is 42.5 Å². The number of rotatable bonds is 4. The highest BCUT2D eigenvalue weighted by Gasteiger charge is 2.21. The molecule has 0 spiro atoms. The van der Waals surface area contributed by atoms with Crippen molar-refractivity contribution < 1.29 is 9.90 Å². The highest BCUT2D eigenvalue weighted by molar-refractivity contribution is 6.31. The minimum atomic E-state index is -1.05. The molecule has 150 valence electrons. The summed E-state index contributed by atoms with van der Waals surface area (Å²) in [6.07, 6.45) is 0. The average Bonchev–Trinajstić information content (AvgIpc) is 3.22. The Hall–Kier alpha value is -2.83. The molecule has 7 heteroatoms. The zero-order valence-electron chi connectivity index (χ0n) is 16.7. The minimum absolute atomic E-state index is 0.158. The Balaban J connectivity index is 1.59. The first kappa shape index (κ1) is 19.5. The van der Waals surface area contributed by atoms with Crippen molar-refractivity contribution in [2.24, 2.45) is 7.05 Å². The SMILES string of the molecule is CC(NC(=O)c1cc2ccc(Cl)cc2n1C)c1ccc2nc(C(C)(C)O)[nH]c2c1. The molecule has 4 aromatic rings. The third-order valence-electron chi connectivity index (χ3n) is 5.17. The van der Waals surface area contributed by atoms with Crippen LogP contribution in [0.5, 0.6) is 0 Å². The van der Waals surface area contributed by atoms with Crippen molar-refractivity contribution in [1.29, 1.82) is 0 Å². The van der Waals surface area contributed by atoms with Gasteiger partial charge in [-0.15, -0.1) is 0 Å². The van der Waals surface area contributed by atoms with Crippen LogP contribution in [-0.4, -0.2) is 25.5 Å². The number of carbonyl (C=O) groups is 1. The third-order valence-corrected chi connectivity index (χ3v) is 5.41. The molecule has 0 aliphatic carbocycles. The van der Waals surface area contributed by atoms with Crippen molar-refractivity contribution in [3.05, 3.63) is 64.6 Å². The van der Waals surface area contributed by atoms with Crippen LogP contribution < -0.4 is 5.32 Å². The molecule has 0 fully saturated rings. The Labute approximate surface area is 173 Å². The van der Waals surface area contributed by atoms with Crippen molar-refractivity contribution in [3.63, 3.8) is 0 Å². The molecule has 6 nitrogen and oxygen atoms in total. The normalized spacial score (nSPS) is 13.2. The number of aliphatic hydroxyl groups is 1. The highest BCUT2D eigenvalue weighted by Crippen LogP contribution is 2.25. The number of fused-ring (bicyclic) bond motifs is 2. The molecule has 0 bridgehead atoms. The summed E-state index contributed by atoms with van der Waals surface area (Å²) in [6, 6.07) is 13.0. The number of halogens is 1. The van der Waals surface area contributed by atoms with Gasteiger partial charge < -0.3 is 20.0 Å². The first-order valence-corrected chi connectivity index (χ1v) is 9.79. The number of nitrogens with one attached hydrogen (secondary N) is 2. The number of amides is 1. The van der Waals surface area contributed by atoms with Crippen molar-refractivity contribution in [2.45, 2.75) is 32.4 Å². The Morgan fingerprint density at radius 3 is 2.72 bits per heavy atom. The Bertz CT molecular complexity index is 1230. The molecule has 4 rings (SSSR count). The molecule has 2 aromatic carbocycles. The quantitative estimate of drug-likeness (QED) is 0.465. The van der Waals surface area contributed by atoms with Crippen LogP contribution in [0.2, 0.25) is 5.02 Å². The second kappa shape index (κ2) is 6.90. The van der Waals surface area contributed by atoms with Crippen molar-refractivity contribution in [2.75, 3.05) is 0 Å².